The topological polar surface area (TPSA) is 17.1 Å². The van der Waals surface area contributed by atoms with E-state index in [-0.39, 0.29) is 4.75 Å². The van der Waals surface area contributed by atoms with E-state index in [1.165, 1.54) is 18.6 Å². The molecule has 0 amide bonds. The molecule has 0 aromatic heterocycles. The molecule has 2 aliphatic heterocycles. The van der Waals surface area contributed by atoms with Crippen molar-refractivity contribution < 1.29 is 4.79 Å². The molecule has 1 nitrogen and oxygen atoms in total. The first kappa shape index (κ1) is 12.3. The van der Waals surface area contributed by atoms with Gasteiger partial charge in [0.05, 0.1) is 4.75 Å². The van der Waals surface area contributed by atoms with Gasteiger partial charge in [0.2, 0.25) is 0 Å². The van der Waals surface area contributed by atoms with Crippen molar-refractivity contribution >= 4 is 15.8 Å². The van der Waals surface area contributed by atoms with Crippen LogP contribution in [0.1, 0.15) is 44.0 Å². The molecule has 3 rings (SSSR count). The predicted octanol–water partition coefficient (Wildman–Crippen LogP) is 4.02. The molecule has 1 aromatic carbocycles. The summed E-state index contributed by atoms with van der Waals surface area (Å²) in [5, 5.41) is 1.69. The van der Waals surface area contributed by atoms with Crippen LogP contribution in [0.25, 0.3) is 0 Å². The van der Waals surface area contributed by atoms with E-state index in [1.807, 2.05) is 30.3 Å². The molecule has 2 fully saturated rings. The van der Waals surface area contributed by atoms with Crippen molar-refractivity contribution in [3.05, 3.63) is 35.9 Å². The monoisotopic (exact) mass is 262 g/mol. The Labute approximate surface area is 111 Å². The summed E-state index contributed by atoms with van der Waals surface area (Å²) in [6.07, 6.45) is 2.71. The molecular weight excluding hydrogens is 240 g/mol. The summed E-state index contributed by atoms with van der Waals surface area (Å²) in [5.74, 6) is 1.69. The molecule has 0 bridgehead atoms. The third kappa shape index (κ3) is 1.38. The number of fused-ring (bicyclic) bond motifs is 1. The first-order valence-electron chi connectivity index (χ1n) is 6.90. The molecule has 3 atom stereocenters. The summed E-state index contributed by atoms with van der Waals surface area (Å²) in [6.45, 7) is 6.79. The summed E-state index contributed by atoms with van der Waals surface area (Å²) in [6, 6.07) is 9.86. The Morgan fingerprint density at radius 1 is 1.28 bits per heavy atom. The number of rotatable bonds is 3. The van der Waals surface area contributed by atoms with Crippen LogP contribution in [0, 0.1) is 0 Å². The minimum atomic E-state index is -0.691. The fraction of sp³-hybridized carbons (Fsp3) is 0.562. The number of carbonyl (C=O) groups is 1. The maximum Gasteiger partial charge on any atom is 0.176 e. The fourth-order valence-corrected chi connectivity index (χ4v) is 10.4. The van der Waals surface area contributed by atoms with Crippen LogP contribution in [0.4, 0.5) is 0 Å². The van der Waals surface area contributed by atoms with Crippen LogP contribution in [0.3, 0.4) is 0 Å². The minimum absolute atomic E-state index is 0.130. The van der Waals surface area contributed by atoms with E-state index in [0.29, 0.717) is 5.78 Å². The Bertz CT molecular complexity index is 479. The van der Waals surface area contributed by atoms with Gasteiger partial charge in [0.15, 0.2) is 5.78 Å². The van der Waals surface area contributed by atoms with Crippen molar-refractivity contribution in [3.8, 4) is 0 Å². The second-order valence-electron chi connectivity index (χ2n) is 6.14. The Morgan fingerprint density at radius 3 is 2.50 bits per heavy atom. The third-order valence-electron chi connectivity index (χ3n) is 5.15. The third-order valence-corrected chi connectivity index (χ3v) is 11.3. The summed E-state index contributed by atoms with van der Waals surface area (Å²) >= 11 is 0. The van der Waals surface area contributed by atoms with E-state index in [2.05, 4.69) is 20.8 Å². The van der Waals surface area contributed by atoms with E-state index in [4.69, 9.17) is 0 Å². The van der Waals surface area contributed by atoms with Gasteiger partial charge in [-0.2, -0.15) is 0 Å². The molecule has 1 aromatic rings. The molecule has 0 radical (unpaired) electrons. The smallest absolute Gasteiger partial charge is 0.176 e. The lowest BCUT2D eigenvalue weighted by molar-refractivity contribution is 0.0957. The molecule has 3 unspecified atom stereocenters. The van der Waals surface area contributed by atoms with Crippen LogP contribution < -0.4 is 0 Å². The van der Waals surface area contributed by atoms with Gasteiger partial charge in [-0.05, 0) is 37.7 Å². The highest BCUT2D eigenvalue weighted by Crippen LogP contribution is 2.85. The van der Waals surface area contributed by atoms with Crippen LogP contribution >= 0.6 is 10.0 Å². The van der Waals surface area contributed by atoms with Crippen molar-refractivity contribution in [2.75, 3.05) is 5.75 Å². The largest absolute Gasteiger partial charge is 0.293 e. The van der Waals surface area contributed by atoms with Gasteiger partial charge in [-0.25, -0.2) is 10.0 Å². The second-order valence-corrected chi connectivity index (χ2v) is 10.6. The molecule has 18 heavy (non-hydrogen) atoms. The average Bonchev–Trinajstić information content (AvgIpc) is 2.79. The van der Waals surface area contributed by atoms with Crippen LogP contribution in [-0.4, -0.2) is 26.8 Å². The Hall–Kier alpha value is -0.760. The normalized spacial score (nSPS) is 37.7. The highest BCUT2D eigenvalue weighted by molar-refractivity contribution is 8.42. The number of hydrogen-bond acceptors (Lipinski definition) is 1. The molecule has 0 saturated carbocycles. The highest BCUT2D eigenvalue weighted by atomic mass is 32.3. The maximum absolute atomic E-state index is 12.9. The van der Waals surface area contributed by atoms with Gasteiger partial charge in [-0.1, -0.05) is 37.3 Å². The Morgan fingerprint density at radius 2 is 1.94 bits per heavy atom. The van der Waals surface area contributed by atoms with E-state index in [9.17, 15) is 4.79 Å². The van der Waals surface area contributed by atoms with E-state index < -0.39 is 10.0 Å². The Balaban J connectivity index is 1.94. The molecule has 98 valence electrons. The lowest BCUT2D eigenvalue weighted by Crippen LogP contribution is -2.34. The van der Waals surface area contributed by atoms with Crippen LogP contribution in [0.2, 0.25) is 0 Å². The molecule has 2 saturated heterocycles. The fourth-order valence-electron chi connectivity index (χ4n) is 4.09. The molecule has 0 N–H and O–H groups in total. The highest BCUT2D eigenvalue weighted by Gasteiger charge is 2.67. The first-order valence-corrected chi connectivity index (χ1v) is 8.83. The number of hydrogen-bond donors (Lipinski definition) is 0. The number of benzene rings is 1. The molecule has 2 heteroatoms. The van der Waals surface area contributed by atoms with E-state index in [0.717, 1.165) is 16.1 Å². The maximum atomic E-state index is 12.9. The van der Waals surface area contributed by atoms with Crippen molar-refractivity contribution in [1.29, 1.82) is 0 Å². The predicted molar refractivity (Wildman–Crippen MR) is 79.8 cm³/mol. The second kappa shape index (κ2) is 3.86. The van der Waals surface area contributed by atoms with Crippen molar-refractivity contribution in [1.82, 2.24) is 0 Å². The SMILES string of the molecule is CC1C2CCCS12C(C)(C)C(=O)c1ccccc1. The van der Waals surface area contributed by atoms with Gasteiger partial charge in [0.1, 0.15) is 0 Å². The van der Waals surface area contributed by atoms with Crippen molar-refractivity contribution in [2.45, 2.75) is 48.9 Å². The quantitative estimate of drug-likeness (QED) is 0.594. The van der Waals surface area contributed by atoms with Crippen molar-refractivity contribution in [2.24, 2.45) is 0 Å². The van der Waals surface area contributed by atoms with Crippen LogP contribution in [0.15, 0.2) is 30.3 Å². The Kier molecular flexibility index (Phi) is 2.64. The van der Waals surface area contributed by atoms with Gasteiger partial charge < -0.3 is 0 Å². The summed E-state index contributed by atoms with van der Waals surface area (Å²) in [4.78, 5) is 12.9. The summed E-state index contributed by atoms with van der Waals surface area (Å²) in [7, 11) is -0.691. The lowest BCUT2D eigenvalue weighted by atomic mass is 10.0. The molecule has 0 aliphatic carbocycles. The van der Waals surface area contributed by atoms with Crippen LogP contribution in [-0.2, 0) is 0 Å². The number of Topliss-reactive ketones (excluding diaryl/α,β-unsaturated/α-hetero) is 1. The molecule has 2 aliphatic rings. The van der Waals surface area contributed by atoms with Gasteiger partial charge in [0.25, 0.3) is 0 Å². The van der Waals surface area contributed by atoms with E-state index in [1.54, 1.807) is 0 Å². The van der Waals surface area contributed by atoms with Gasteiger partial charge in [0, 0.05) is 10.8 Å². The minimum Gasteiger partial charge on any atom is -0.293 e. The zero-order valence-corrected chi connectivity index (χ0v) is 12.3. The van der Waals surface area contributed by atoms with Gasteiger partial charge >= 0.3 is 0 Å². The van der Waals surface area contributed by atoms with Gasteiger partial charge in [-0.15, -0.1) is 0 Å². The summed E-state index contributed by atoms with van der Waals surface area (Å²) in [5.41, 5.74) is 0.897. The lowest BCUT2D eigenvalue weighted by Gasteiger charge is -2.38. The van der Waals surface area contributed by atoms with E-state index >= 15 is 0 Å². The van der Waals surface area contributed by atoms with Crippen LogP contribution in [0.5, 0.6) is 0 Å². The molecule has 2 heterocycles. The van der Waals surface area contributed by atoms with Crippen molar-refractivity contribution in [3.63, 3.8) is 0 Å². The number of ketones is 1. The standard InChI is InChI=1S/C16H22OS/c1-12-14-10-7-11-18(12,14)16(2,3)15(17)13-8-5-4-6-9-13/h4-6,8-9,12,14H,7,10-11H2,1-3H3. The molecule has 0 spiro atoms. The first-order chi connectivity index (χ1) is 8.52. The zero-order valence-electron chi connectivity index (χ0n) is 11.5. The average molecular weight is 262 g/mol. The summed E-state index contributed by atoms with van der Waals surface area (Å²) < 4.78 is -0.130. The van der Waals surface area contributed by atoms with Gasteiger partial charge in [-0.3, -0.25) is 4.79 Å². The number of carbonyl (C=O) groups excluding carboxylic acids is 1. The zero-order chi connectivity index (χ0) is 13.0. The molecular formula is C16H22OS.